The van der Waals surface area contributed by atoms with Crippen LogP contribution in [0.2, 0.25) is 0 Å². The highest BCUT2D eigenvalue weighted by atomic mass is 35.5. The first-order valence-corrected chi connectivity index (χ1v) is 9.06. The number of nitrogens with zero attached hydrogens (tertiary/aromatic N) is 2. The average Bonchev–Trinajstić information content (AvgIpc) is 3.12. The Balaban J connectivity index is 0.00000225. The molecule has 0 aromatic rings. The highest BCUT2D eigenvalue weighted by Gasteiger charge is 2.55. The lowest BCUT2D eigenvalue weighted by atomic mass is 9.91. The van der Waals surface area contributed by atoms with Crippen LogP contribution < -0.4 is 11.1 Å². The van der Waals surface area contributed by atoms with Gasteiger partial charge in [-0.15, -0.1) is 12.4 Å². The van der Waals surface area contributed by atoms with E-state index in [1.807, 2.05) is 0 Å². The summed E-state index contributed by atoms with van der Waals surface area (Å²) in [5.41, 5.74) is 5.07. The molecule has 3 N–H and O–H groups in total. The van der Waals surface area contributed by atoms with Crippen LogP contribution in [0.25, 0.3) is 0 Å². The minimum Gasteiger partial charge on any atom is -0.337 e. The zero-order chi connectivity index (χ0) is 17.5. The summed E-state index contributed by atoms with van der Waals surface area (Å²) >= 11 is 0. The van der Waals surface area contributed by atoms with Gasteiger partial charge in [-0.05, 0) is 38.5 Å². The zero-order valence-corrected chi connectivity index (χ0v) is 15.8. The highest BCUT2D eigenvalue weighted by molar-refractivity contribution is 6.10. The van der Waals surface area contributed by atoms with Crippen molar-refractivity contribution in [3.63, 3.8) is 0 Å². The van der Waals surface area contributed by atoms with Gasteiger partial charge in [-0.2, -0.15) is 0 Å². The number of urea groups is 1. The third-order valence-corrected chi connectivity index (χ3v) is 5.93. The number of carbonyl (C=O) groups is 3. The van der Waals surface area contributed by atoms with E-state index in [1.165, 1.54) is 0 Å². The van der Waals surface area contributed by atoms with Crippen LogP contribution in [-0.2, 0) is 9.59 Å². The molecule has 0 bridgehead atoms. The van der Waals surface area contributed by atoms with E-state index < -0.39 is 17.6 Å². The molecule has 142 valence electrons. The summed E-state index contributed by atoms with van der Waals surface area (Å²) in [6.07, 6.45) is 5.00. The van der Waals surface area contributed by atoms with E-state index in [1.54, 1.807) is 11.8 Å². The van der Waals surface area contributed by atoms with Crippen molar-refractivity contribution in [1.82, 2.24) is 15.1 Å². The smallest absolute Gasteiger partial charge is 0.325 e. The Bertz CT molecular complexity index is 550. The Hall–Kier alpha value is -1.34. The molecule has 3 unspecified atom stereocenters. The molecule has 2 saturated heterocycles. The molecule has 7 nitrogen and oxygen atoms in total. The molecule has 3 rings (SSSR count). The number of likely N-dealkylation sites (tertiary alicyclic amines) is 1. The number of carbonyl (C=O) groups excluding carboxylic acids is 3. The van der Waals surface area contributed by atoms with Gasteiger partial charge < -0.3 is 16.0 Å². The third kappa shape index (κ3) is 3.36. The molecule has 8 heteroatoms. The molecular formula is C17H29ClN4O3. The summed E-state index contributed by atoms with van der Waals surface area (Å²) in [6, 6.07) is -1.22. The average molecular weight is 373 g/mol. The molecule has 0 aromatic heterocycles. The number of rotatable bonds is 3. The monoisotopic (exact) mass is 372 g/mol. The summed E-state index contributed by atoms with van der Waals surface area (Å²) in [7, 11) is 0. The summed E-state index contributed by atoms with van der Waals surface area (Å²) in [4.78, 5) is 41.1. The van der Waals surface area contributed by atoms with Crippen LogP contribution in [0, 0.1) is 5.92 Å². The maximum Gasteiger partial charge on any atom is 0.325 e. The number of hydrogen-bond donors (Lipinski definition) is 2. The Morgan fingerprint density at radius 2 is 2.00 bits per heavy atom. The van der Waals surface area contributed by atoms with Crippen LogP contribution in [0.15, 0.2) is 0 Å². The van der Waals surface area contributed by atoms with E-state index in [0.29, 0.717) is 31.8 Å². The number of imide groups is 1. The molecular weight excluding hydrogens is 344 g/mol. The first kappa shape index (κ1) is 20.0. The standard InChI is InChI=1S/C17H28N4O3.ClH/c1-11-5-8-20(13(9-11)10-18)14(22)12(2)21-15(23)17(19-16(21)24)6-3-4-7-17;/h11-13H,3-10,18H2,1-2H3,(H,19,24);1H. The normalized spacial score (nSPS) is 29.6. The number of nitrogens with one attached hydrogen (secondary N) is 1. The second-order valence-electron chi connectivity index (χ2n) is 7.62. The maximum atomic E-state index is 13.0. The van der Waals surface area contributed by atoms with Gasteiger partial charge in [0.25, 0.3) is 5.91 Å². The molecule has 25 heavy (non-hydrogen) atoms. The van der Waals surface area contributed by atoms with Crippen molar-refractivity contribution in [2.24, 2.45) is 11.7 Å². The van der Waals surface area contributed by atoms with Crippen LogP contribution in [0.5, 0.6) is 0 Å². The van der Waals surface area contributed by atoms with Gasteiger partial charge in [0.1, 0.15) is 11.6 Å². The summed E-state index contributed by atoms with van der Waals surface area (Å²) in [6.45, 7) is 4.86. The highest BCUT2D eigenvalue weighted by Crippen LogP contribution is 2.36. The Morgan fingerprint density at radius 3 is 2.60 bits per heavy atom. The zero-order valence-electron chi connectivity index (χ0n) is 15.0. The quantitative estimate of drug-likeness (QED) is 0.729. The van der Waals surface area contributed by atoms with Crippen LogP contribution in [0.1, 0.15) is 52.4 Å². The van der Waals surface area contributed by atoms with Crippen molar-refractivity contribution in [2.75, 3.05) is 13.1 Å². The molecule has 4 amide bonds. The van der Waals surface area contributed by atoms with Gasteiger partial charge in [-0.3, -0.25) is 9.59 Å². The summed E-state index contributed by atoms with van der Waals surface area (Å²) in [5.74, 6) is 0.132. The Kier molecular flexibility index (Phi) is 5.99. The van der Waals surface area contributed by atoms with Crippen LogP contribution in [0.4, 0.5) is 4.79 Å². The third-order valence-electron chi connectivity index (χ3n) is 5.93. The lowest BCUT2D eigenvalue weighted by molar-refractivity contribution is -0.145. The Labute approximate surface area is 155 Å². The number of amides is 4. The van der Waals surface area contributed by atoms with E-state index in [-0.39, 0.29) is 30.3 Å². The van der Waals surface area contributed by atoms with E-state index in [4.69, 9.17) is 5.73 Å². The lowest BCUT2D eigenvalue weighted by Crippen LogP contribution is -2.56. The van der Waals surface area contributed by atoms with Gasteiger partial charge in [0.2, 0.25) is 5.91 Å². The van der Waals surface area contributed by atoms with Gasteiger partial charge in [-0.1, -0.05) is 19.8 Å². The fourth-order valence-corrected chi connectivity index (χ4v) is 4.43. The molecule has 2 heterocycles. The fourth-order valence-electron chi connectivity index (χ4n) is 4.43. The van der Waals surface area contributed by atoms with Crippen molar-refractivity contribution >= 4 is 30.3 Å². The van der Waals surface area contributed by atoms with Crippen molar-refractivity contribution in [3.05, 3.63) is 0 Å². The first-order chi connectivity index (χ1) is 11.4. The van der Waals surface area contributed by atoms with Crippen molar-refractivity contribution in [3.8, 4) is 0 Å². The summed E-state index contributed by atoms with van der Waals surface area (Å²) < 4.78 is 0. The van der Waals surface area contributed by atoms with Gasteiger partial charge in [-0.25, -0.2) is 9.69 Å². The van der Waals surface area contributed by atoms with Crippen molar-refractivity contribution < 1.29 is 14.4 Å². The molecule has 0 aromatic carbocycles. The molecule has 1 aliphatic carbocycles. The second kappa shape index (κ2) is 7.50. The minimum atomic E-state index is -0.778. The number of hydrogen-bond acceptors (Lipinski definition) is 4. The molecule has 1 saturated carbocycles. The number of piperidine rings is 1. The predicted molar refractivity (Wildman–Crippen MR) is 96.2 cm³/mol. The van der Waals surface area contributed by atoms with Gasteiger partial charge >= 0.3 is 6.03 Å². The molecule has 3 atom stereocenters. The van der Waals surface area contributed by atoms with E-state index in [0.717, 1.165) is 30.6 Å². The van der Waals surface area contributed by atoms with Crippen LogP contribution in [-0.4, -0.2) is 58.4 Å². The van der Waals surface area contributed by atoms with E-state index in [9.17, 15) is 14.4 Å². The van der Waals surface area contributed by atoms with Gasteiger partial charge in [0.15, 0.2) is 0 Å². The molecule has 2 aliphatic heterocycles. The molecule has 3 aliphatic rings. The summed E-state index contributed by atoms with van der Waals surface area (Å²) in [5, 5.41) is 2.84. The van der Waals surface area contributed by atoms with Crippen molar-refractivity contribution in [2.45, 2.75) is 70.0 Å². The topological polar surface area (TPSA) is 95.7 Å². The number of halogens is 1. The van der Waals surface area contributed by atoms with Crippen LogP contribution in [0.3, 0.4) is 0 Å². The second-order valence-corrected chi connectivity index (χ2v) is 7.62. The largest absolute Gasteiger partial charge is 0.337 e. The van der Waals surface area contributed by atoms with Gasteiger partial charge in [0.05, 0.1) is 0 Å². The number of nitrogens with two attached hydrogens (primary N) is 1. The molecule has 0 radical (unpaired) electrons. The minimum absolute atomic E-state index is 0. The van der Waals surface area contributed by atoms with E-state index in [2.05, 4.69) is 12.2 Å². The first-order valence-electron chi connectivity index (χ1n) is 9.06. The lowest BCUT2D eigenvalue weighted by Gasteiger charge is -2.40. The van der Waals surface area contributed by atoms with Crippen LogP contribution >= 0.6 is 12.4 Å². The van der Waals surface area contributed by atoms with E-state index >= 15 is 0 Å². The Morgan fingerprint density at radius 1 is 1.36 bits per heavy atom. The predicted octanol–water partition coefficient (Wildman–Crippen LogP) is 1.25. The molecule has 1 spiro atoms. The van der Waals surface area contributed by atoms with Crippen molar-refractivity contribution in [1.29, 1.82) is 0 Å². The SMILES string of the molecule is CC1CCN(C(=O)C(C)N2C(=O)NC3(CCCC3)C2=O)C(CN)C1.Cl. The fraction of sp³-hybridized carbons (Fsp3) is 0.824. The maximum absolute atomic E-state index is 13.0. The molecule has 3 fully saturated rings. The van der Waals surface area contributed by atoms with Gasteiger partial charge in [0, 0.05) is 19.1 Å².